The van der Waals surface area contributed by atoms with Crippen molar-refractivity contribution in [3.8, 4) is 0 Å². The summed E-state index contributed by atoms with van der Waals surface area (Å²) >= 11 is 1.82. The van der Waals surface area contributed by atoms with Crippen molar-refractivity contribution in [3.05, 3.63) is 22.4 Å². The maximum Gasteiger partial charge on any atom is 0.00727 e. The van der Waals surface area contributed by atoms with Gasteiger partial charge in [-0.05, 0) is 54.1 Å². The lowest BCUT2D eigenvalue weighted by Gasteiger charge is -2.21. The highest BCUT2D eigenvalue weighted by atomic mass is 32.1. The molecule has 1 aliphatic rings. The Labute approximate surface area is 110 Å². The van der Waals surface area contributed by atoms with Gasteiger partial charge in [0.05, 0.1) is 0 Å². The van der Waals surface area contributed by atoms with Crippen LogP contribution in [0.25, 0.3) is 0 Å². The van der Waals surface area contributed by atoms with Gasteiger partial charge in [-0.25, -0.2) is 0 Å². The van der Waals surface area contributed by atoms with E-state index in [-0.39, 0.29) is 0 Å². The third-order valence-corrected chi connectivity index (χ3v) is 4.68. The molecule has 1 aliphatic carbocycles. The van der Waals surface area contributed by atoms with Gasteiger partial charge in [0.25, 0.3) is 0 Å². The maximum absolute atomic E-state index is 3.68. The van der Waals surface area contributed by atoms with E-state index in [9.17, 15) is 0 Å². The zero-order valence-corrected chi connectivity index (χ0v) is 11.8. The maximum atomic E-state index is 3.68. The Kier molecular flexibility index (Phi) is 5.53. The molecule has 1 N–H and O–H groups in total. The fourth-order valence-electron chi connectivity index (χ4n) is 3.02. The van der Waals surface area contributed by atoms with E-state index < -0.39 is 0 Å². The number of rotatable bonds is 7. The van der Waals surface area contributed by atoms with Crippen molar-refractivity contribution < 1.29 is 0 Å². The molecule has 1 unspecified atom stereocenters. The standard InChI is InChI=1S/C15H25NS/c1-2-16-15(11-13-5-3-4-6-13)8-7-14-9-10-17-12-14/h9-10,12-13,15-16H,2-8,11H2,1H3. The minimum atomic E-state index is 0.739. The van der Waals surface area contributed by atoms with Crippen molar-refractivity contribution in [1.82, 2.24) is 5.32 Å². The average Bonchev–Trinajstić information content (AvgIpc) is 2.99. The third kappa shape index (κ3) is 4.44. The number of aryl methyl sites for hydroxylation is 1. The molecule has 1 heterocycles. The van der Waals surface area contributed by atoms with Gasteiger partial charge in [0, 0.05) is 6.04 Å². The summed E-state index contributed by atoms with van der Waals surface area (Å²) in [4.78, 5) is 0. The summed E-state index contributed by atoms with van der Waals surface area (Å²) in [6.45, 7) is 3.34. The highest BCUT2D eigenvalue weighted by molar-refractivity contribution is 7.07. The van der Waals surface area contributed by atoms with Crippen LogP contribution in [0.1, 0.15) is 51.0 Å². The molecule has 0 radical (unpaired) electrons. The van der Waals surface area contributed by atoms with Gasteiger partial charge in [-0.2, -0.15) is 11.3 Å². The lowest BCUT2D eigenvalue weighted by Crippen LogP contribution is -2.31. The number of hydrogen-bond donors (Lipinski definition) is 1. The first-order valence-corrected chi connectivity index (χ1v) is 8.07. The van der Waals surface area contributed by atoms with Gasteiger partial charge in [0.15, 0.2) is 0 Å². The fraction of sp³-hybridized carbons (Fsp3) is 0.733. The number of nitrogens with one attached hydrogen (secondary N) is 1. The lowest BCUT2D eigenvalue weighted by atomic mass is 9.94. The summed E-state index contributed by atoms with van der Waals surface area (Å²) < 4.78 is 0. The number of hydrogen-bond acceptors (Lipinski definition) is 2. The molecule has 17 heavy (non-hydrogen) atoms. The van der Waals surface area contributed by atoms with Gasteiger partial charge in [-0.1, -0.05) is 32.6 Å². The summed E-state index contributed by atoms with van der Waals surface area (Å²) in [5, 5.41) is 8.15. The molecule has 0 aromatic carbocycles. The molecule has 1 fully saturated rings. The molecular formula is C15H25NS. The van der Waals surface area contributed by atoms with Crippen molar-refractivity contribution in [2.24, 2.45) is 5.92 Å². The summed E-state index contributed by atoms with van der Waals surface area (Å²) in [6, 6.07) is 3.01. The normalized spacial score (nSPS) is 18.6. The van der Waals surface area contributed by atoms with Crippen LogP contribution in [0.4, 0.5) is 0 Å². The van der Waals surface area contributed by atoms with Crippen LogP contribution in [-0.2, 0) is 6.42 Å². The van der Waals surface area contributed by atoms with Crippen LogP contribution in [0.15, 0.2) is 16.8 Å². The minimum Gasteiger partial charge on any atom is -0.314 e. The van der Waals surface area contributed by atoms with Crippen molar-refractivity contribution in [1.29, 1.82) is 0 Å². The van der Waals surface area contributed by atoms with Crippen LogP contribution in [0.2, 0.25) is 0 Å². The second kappa shape index (κ2) is 7.17. The second-order valence-corrected chi connectivity index (χ2v) is 6.09. The zero-order chi connectivity index (χ0) is 11.9. The molecule has 0 bridgehead atoms. The monoisotopic (exact) mass is 251 g/mol. The van der Waals surface area contributed by atoms with E-state index in [0.29, 0.717) is 0 Å². The van der Waals surface area contributed by atoms with E-state index in [1.807, 2.05) is 11.3 Å². The summed E-state index contributed by atoms with van der Waals surface area (Å²) in [6.07, 6.45) is 9.83. The molecule has 1 atom stereocenters. The molecule has 1 aromatic heterocycles. The predicted octanol–water partition coefficient (Wildman–Crippen LogP) is 4.24. The van der Waals surface area contributed by atoms with E-state index in [2.05, 4.69) is 29.1 Å². The highest BCUT2D eigenvalue weighted by Crippen LogP contribution is 2.29. The second-order valence-electron chi connectivity index (χ2n) is 5.31. The van der Waals surface area contributed by atoms with Gasteiger partial charge >= 0.3 is 0 Å². The SMILES string of the molecule is CCNC(CCc1ccsc1)CC1CCCC1. The smallest absolute Gasteiger partial charge is 0.00727 e. The first-order chi connectivity index (χ1) is 8.38. The van der Waals surface area contributed by atoms with E-state index in [0.717, 1.165) is 18.5 Å². The quantitative estimate of drug-likeness (QED) is 0.764. The average molecular weight is 251 g/mol. The lowest BCUT2D eigenvalue weighted by molar-refractivity contribution is 0.376. The van der Waals surface area contributed by atoms with Gasteiger partial charge in [0.2, 0.25) is 0 Å². The van der Waals surface area contributed by atoms with E-state index >= 15 is 0 Å². The summed E-state index contributed by atoms with van der Waals surface area (Å²) in [5.74, 6) is 1.00. The Morgan fingerprint density at radius 2 is 2.24 bits per heavy atom. The zero-order valence-electron chi connectivity index (χ0n) is 11.0. The molecule has 0 amide bonds. The van der Waals surface area contributed by atoms with Crippen molar-refractivity contribution in [2.75, 3.05) is 6.54 Å². The Hall–Kier alpha value is -0.340. The fourth-order valence-corrected chi connectivity index (χ4v) is 3.72. The Morgan fingerprint density at radius 1 is 1.41 bits per heavy atom. The highest BCUT2D eigenvalue weighted by Gasteiger charge is 2.19. The van der Waals surface area contributed by atoms with E-state index in [4.69, 9.17) is 0 Å². The van der Waals surface area contributed by atoms with Crippen LogP contribution < -0.4 is 5.32 Å². The third-order valence-electron chi connectivity index (χ3n) is 3.95. The van der Waals surface area contributed by atoms with Crippen LogP contribution >= 0.6 is 11.3 Å². The molecule has 2 rings (SSSR count). The molecule has 1 aromatic rings. The molecule has 1 saturated carbocycles. The van der Waals surface area contributed by atoms with Crippen molar-refractivity contribution >= 4 is 11.3 Å². The van der Waals surface area contributed by atoms with Crippen molar-refractivity contribution in [3.63, 3.8) is 0 Å². The molecule has 1 nitrogen and oxygen atoms in total. The van der Waals surface area contributed by atoms with Crippen LogP contribution in [0.5, 0.6) is 0 Å². The molecule has 0 saturated heterocycles. The summed E-state index contributed by atoms with van der Waals surface area (Å²) in [7, 11) is 0. The Balaban J connectivity index is 1.75. The van der Waals surface area contributed by atoms with Crippen LogP contribution in [0.3, 0.4) is 0 Å². The van der Waals surface area contributed by atoms with Crippen LogP contribution in [-0.4, -0.2) is 12.6 Å². The molecule has 0 aliphatic heterocycles. The molecule has 96 valence electrons. The van der Waals surface area contributed by atoms with E-state index in [1.165, 1.54) is 50.5 Å². The largest absolute Gasteiger partial charge is 0.314 e. The Morgan fingerprint density at radius 3 is 2.88 bits per heavy atom. The number of thiophene rings is 1. The first kappa shape index (κ1) is 13.1. The van der Waals surface area contributed by atoms with Gasteiger partial charge in [-0.15, -0.1) is 0 Å². The van der Waals surface area contributed by atoms with Gasteiger partial charge in [0.1, 0.15) is 0 Å². The van der Waals surface area contributed by atoms with Crippen LogP contribution in [0, 0.1) is 5.92 Å². The minimum absolute atomic E-state index is 0.739. The first-order valence-electron chi connectivity index (χ1n) is 7.13. The van der Waals surface area contributed by atoms with E-state index in [1.54, 1.807) is 0 Å². The molecular weight excluding hydrogens is 226 g/mol. The molecule has 0 spiro atoms. The predicted molar refractivity (Wildman–Crippen MR) is 76.7 cm³/mol. The summed E-state index contributed by atoms with van der Waals surface area (Å²) in [5.41, 5.74) is 1.52. The Bertz CT molecular complexity index is 288. The topological polar surface area (TPSA) is 12.0 Å². The van der Waals surface area contributed by atoms with Gasteiger partial charge in [-0.3, -0.25) is 0 Å². The van der Waals surface area contributed by atoms with Crippen molar-refractivity contribution in [2.45, 2.75) is 57.9 Å². The molecule has 2 heteroatoms. The van der Waals surface area contributed by atoms with Gasteiger partial charge < -0.3 is 5.32 Å².